The van der Waals surface area contributed by atoms with Crippen LogP contribution in [-0.4, -0.2) is 49.3 Å². The van der Waals surface area contributed by atoms with Gasteiger partial charge >= 0.3 is 0 Å². The Morgan fingerprint density at radius 2 is 2.18 bits per heavy atom. The third-order valence-corrected chi connectivity index (χ3v) is 5.13. The van der Waals surface area contributed by atoms with E-state index in [-0.39, 0.29) is 6.04 Å². The summed E-state index contributed by atoms with van der Waals surface area (Å²) in [7, 11) is -1.05. The number of rotatable bonds is 5. The van der Waals surface area contributed by atoms with Gasteiger partial charge in [0.15, 0.2) is 5.82 Å². The molecular weight excluding hydrogens is 302 g/mol. The molecule has 1 aliphatic rings. The van der Waals surface area contributed by atoms with Crippen molar-refractivity contribution in [1.29, 1.82) is 0 Å². The van der Waals surface area contributed by atoms with Crippen molar-refractivity contribution in [3.05, 3.63) is 42.0 Å². The first-order valence-electron chi connectivity index (χ1n) is 7.29. The molecule has 1 N–H and O–H groups in total. The van der Waals surface area contributed by atoms with E-state index in [0.717, 1.165) is 4.90 Å². The van der Waals surface area contributed by atoms with Gasteiger partial charge in [-0.05, 0) is 25.5 Å². The fraction of sp³-hybridized carbons (Fsp3) is 0.467. The highest BCUT2D eigenvalue weighted by molar-refractivity contribution is 7.85. The minimum Gasteiger partial charge on any atom is -0.392 e. The zero-order valence-electron chi connectivity index (χ0n) is 12.4. The second-order valence-electron chi connectivity index (χ2n) is 5.44. The second kappa shape index (κ2) is 6.68. The minimum atomic E-state index is -1.05. The molecule has 118 valence electrons. The summed E-state index contributed by atoms with van der Waals surface area (Å²) in [6, 6.07) is 9.32. The number of β-amino-alcohol motifs (C(OH)–C–C–N with tert-alkyl or cyclic N) is 1. The molecule has 0 bridgehead atoms. The molecule has 0 unspecified atom stereocenters. The van der Waals surface area contributed by atoms with E-state index in [1.807, 2.05) is 30.3 Å². The van der Waals surface area contributed by atoms with Crippen molar-refractivity contribution >= 4 is 10.8 Å². The third-order valence-electron chi connectivity index (χ3n) is 3.78. The highest BCUT2D eigenvalue weighted by Crippen LogP contribution is 2.30. The number of aryl methyl sites for hydroxylation is 1. The van der Waals surface area contributed by atoms with Gasteiger partial charge in [0, 0.05) is 23.7 Å². The van der Waals surface area contributed by atoms with Crippen LogP contribution in [0.4, 0.5) is 0 Å². The fourth-order valence-corrected chi connectivity index (χ4v) is 3.82. The molecule has 0 spiro atoms. The number of aromatic nitrogens is 2. The molecule has 1 aromatic carbocycles. The van der Waals surface area contributed by atoms with Crippen LogP contribution in [0.3, 0.4) is 0 Å². The van der Waals surface area contributed by atoms with Gasteiger partial charge in [0.05, 0.1) is 22.9 Å². The van der Waals surface area contributed by atoms with Crippen LogP contribution >= 0.6 is 0 Å². The predicted molar refractivity (Wildman–Crippen MR) is 81.7 cm³/mol. The van der Waals surface area contributed by atoms with Crippen molar-refractivity contribution < 1.29 is 13.8 Å². The molecule has 1 aromatic heterocycles. The standard InChI is InChI=1S/C15H19N3O3S/c1-11-16-15(21-17-11)14-9-12(19)10-18(14)7-8-22(20)13-5-3-2-4-6-13/h2-6,12,14,19H,7-10H2,1H3/t12-,14-,22-/m1/s1. The number of aliphatic hydroxyl groups excluding tert-OH is 1. The highest BCUT2D eigenvalue weighted by Gasteiger charge is 2.35. The number of benzene rings is 1. The number of aliphatic hydroxyl groups is 1. The van der Waals surface area contributed by atoms with Crippen molar-refractivity contribution in [3.63, 3.8) is 0 Å². The van der Waals surface area contributed by atoms with Gasteiger partial charge < -0.3 is 9.63 Å². The molecule has 0 saturated carbocycles. The number of likely N-dealkylation sites (tertiary alicyclic amines) is 1. The first kappa shape index (κ1) is 15.3. The molecular formula is C15H19N3O3S. The monoisotopic (exact) mass is 321 g/mol. The van der Waals surface area contributed by atoms with Crippen molar-refractivity contribution in [3.8, 4) is 0 Å². The maximum atomic E-state index is 12.3. The van der Waals surface area contributed by atoms with Crippen molar-refractivity contribution in [2.45, 2.75) is 30.4 Å². The Balaban J connectivity index is 1.64. The van der Waals surface area contributed by atoms with E-state index in [9.17, 15) is 9.32 Å². The predicted octanol–water partition coefficient (Wildman–Crippen LogP) is 1.29. The van der Waals surface area contributed by atoms with Crippen LogP contribution < -0.4 is 0 Å². The Bertz CT molecular complexity index is 646. The maximum absolute atomic E-state index is 12.3. The van der Waals surface area contributed by atoms with Crippen molar-refractivity contribution in [1.82, 2.24) is 15.0 Å². The van der Waals surface area contributed by atoms with Gasteiger partial charge in [0.2, 0.25) is 5.89 Å². The minimum absolute atomic E-state index is 0.0935. The van der Waals surface area contributed by atoms with Gasteiger partial charge in [-0.2, -0.15) is 4.98 Å². The van der Waals surface area contributed by atoms with E-state index >= 15 is 0 Å². The van der Waals surface area contributed by atoms with Gasteiger partial charge in [-0.15, -0.1) is 0 Å². The van der Waals surface area contributed by atoms with Crippen LogP contribution in [0.5, 0.6) is 0 Å². The first-order chi connectivity index (χ1) is 10.6. The lowest BCUT2D eigenvalue weighted by atomic mass is 10.2. The van der Waals surface area contributed by atoms with Crippen LogP contribution in [0.25, 0.3) is 0 Å². The molecule has 0 radical (unpaired) electrons. The van der Waals surface area contributed by atoms with E-state index < -0.39 is 16.9 Å². The molecule has 1 fully saturated rings. The van der Waals surface area contributed by atoms with E-state index in [1.165, 1.54) is 0 Å². The first-order valence-corrected chi connectivity index (χ1v) is 8.61. The molecule has 1 saturated heterocycles. The molecule has 6 nitrogen and oxygen atoms in total. The Morgan fingerprint density at radius 3 is 2.86 bits per heavy atom. The van der Waals surface area contributed by atoms with E-state index in [2.05, 4.69) is 15.0 Å². The van der Waals surface area contributed by atoms with E-state index in [4.69, 9.17) is 4.52 Å². The Morgan fingerprint density at radius 1 is 1.41 bits per heavy atom. The summed E-state index contributed by atoms with van der Waals surface area (Å²) < 4.78 is 17.5. The molecule has 1 aliphatic heterocycles. The normalized spacial score (nSPS) is 23.7. The van der Waals surface area contributed by atoms with Gasteiger partial charge in [-0.3, -0.25) is 9.11 Å². The topological polar surface area (TPSA) is 79.5 Å². The summed E-state index contributed by atoms with van der Waals surface area (Å²) in [5.74, 6) is 1.63. The van der Waals surface area contributed by atoms with Gasteiger partial charge in [-0.1, -0.05) is 23.4 Å². The molecule has 0 amide bonds. The fourth-order valence-electron chi connectivity index (χ4n) is 2.72. The largest absolute Gasteiger partial charge is 0.392 e. The Kier molecular flexibility index (Phi) is 4.66. The second-order valence-corrected chi connectivity index (χ2v) is 7.01. The van der Waals surface area contributed by atoms with Crippen LogP contribution in [0.2, 0.25) is 0 Å². The smallest absolute Gasteiger partial charge is 0.244 e. The summed E-state index contributed by atoms with van der Waals surface area (Å²) in [5, 5.41) is 13.7. The van der Waals surface area contributed by atoms with E-state index in [1.54, 1.807) is 6.92 Å². The van der Waals surface area contributed by atoms with Crippen LogP contribution in [0.15, 0.2) is 39.8 Å². The number of hydrogen-bond donors (Lipinski definition) is 1. The third kappa shape index (κ3) is 3.43. The van der Waals surface area contributed by atoms with Gasteiger partial charge in [0.25, 0.3) is 0 Å². The average Bonchev–Trinajstić information content (AvgIpc) is 3.11. The maximum Gasteiger partial charge on any atom is 0.244 e. The zero-order valence-corrected chi connectivity index (χ0v) is 13.2. The quantitative estimate of drug-likeness (QED) is 0.894. The molecule has 3 rings (SSSR count). The van der Waals surface area contributed by atoms with E-state index in [0.29, 0.717) is 37.0 Å². The molecule has 22 heavy (non-hydrogen) atoms. The molecule has 0 aliphatic carbocycles. The molecule has 2 heterocycles. The van der Waals surface area contributed by atoms with Crippen molar-refractivity contribution in [2.75, 3.05) is 18.8 Å². The van der Waals surface area contributed by atoms with Gasteiger partial charge in [-0.25, -0.2) is 0 Å². The zero-order chi connectivity index (χ0) is 15.5. The summed E-state index contributed by atoms with van der Waals surface area (Å²) in [6.07, 6.45) is 0.155. The lowest BCUT2D eigenvalue weighted by Gasteiger charge is -2.20. The summed E-state index contributed by atoms with van der Waals surface area (Å²) in [5.41, 5.74) is 0. The number of hydrogen-bond acceptors (Lipinski definition) is 6. The summed E-state index contributed by atoms with van der Waals surface area (Å²) in [4.78, 5) is 7.15. The molecule has 3 atom stereocenters. The lowest BCUT2D eigenvalue weighted by molar-refractivity contribution is 0.176. The lowest BCUT2D eigenvalue weighted by Crippen LogP contribution is -2.29. The van der Waals surface area contributed by atoms with Crippen molar-refractivity contribution in [2.24, 2.45) is 0 Å². The SMILES string of the molecule is Cc1noc([C@H]2C[C@@H](O)CN2CC[S@@](=O)c2ccccc2)n1. The summed E-state index contributed by atoms with van der Waals surface area (Å²) >= 11 is 0. The highest BCUT2D eigenvalue weighted by atomic mass is 32.2. The Labute approximate surface area is 131 Å². The van der Waals surface area contributed by atoms with Crippen LogP contribution in [-0.2, 0) is 10.8 Å². The van der Waals surface area contributed by atoms with Crippen LogP contribution in [0, 0.1) is 6.92 Å². The molecule has 7 heteroatoms. The Hall–Kier alpha value is -1.57. The van der Waals surface area contributed by atoms with Crippen LogP contribution in [0.1, 0.15) is 24.2 Å². The molecule has 2 aromatic rings. The summed E-state index contributed by atoms with van der Waals surface area (Å²) in [6.45, 7) is 2.93. The number of nitrogens with zero attached hydrogens (tertiary/aromatic N) is 3. The van der Waals surface area contributed by atoms with Gasteiger partial charge in [0.1, 0.15) is 0 Å². The average molecular weight is 321 g/mol.